The number of aliphatic hydroxyl groups is 1. The van der Waals surface area contributed by atoms with Gasteiger partial charge in [0.1, 0.15) is 0 Å². The van der Waals surface area contributed by atoms with Crippen molar-refractivity contribution < 1.29 is 9.84 Å². The van der Waals surface area contributed by atoms with E-state index < -0.39 is 0 Å². The van der Waals surface area contributed by atoms with Crippen molar-refractivity contribution in [1.82, 2.24) is 4.98 Å². The molecule has 5 atom stereocenters. The van der Waals surface area contributed by atoms with Gasteiger partial charge in [-0.05, 0) is 30.4 Å². The molecule has 1 saturated heterocycles. The fraction of sp³-hybridized carbons (Fsp3) is 0.588. The summed E-state index contributed by atoms with van der Waals surface area (Å²) < 4.78 is 6.20. The molecule has 0 radical (unpaired) electrons. The van der Waals surface area contributed by atoms with Crippen molar-refractivity contribution in [3.63, 3.8) is 0 Å². The lowest BCUT2D eigenvalue weighted by Crippen LogP contribution is -2.53. The first kappa shape index (κ1) is 13.8. The summed E-state index contributed by atoms with van der Waals surface area (Å²) in [4.78, 5) is 4.22. The van der Waals surface area contributed by atoms with Crippen LogP contribution in [0.25, 0.3) is 0 Å². The summed E-state index contributed by atoms with van der Waals surface area (Å²) in [5.74, 6) is 1.09. The molecule has 0 amide bonds. The van der Waals surface area contributed by atoms with Crippen molar-refractivity contribution >= 4 is 0 Å². The van der Waals surface area contributed by atoms with Crippen LogP contribution in [0.15, 0.2) is 36.2 Å². The van der Waals surface area contributed by atoms with Crippen LogP contribution in [0.5, 0.6) is 0 Å². The number of hydrogen-bond acceptors (Lipinski definition) is 3. The molecule has 2 bridgehead atoms. The lowest BCUT2D eigenvalue weighted by Gasteiger charge is -2.55. The number of allylic oxidation sites excluding steroid dienone is 1. The average Bonchev–Trinajstić information content (AvgIpc) is 2.46. The van der Waals surface area contributed by atoms with Crippen molar-refractivity contribution in [2.45, 2.75) is 26.9 Å². The monoisotopic (exact) mass is 273 g/mol. The summed E-state index contributed by atoms with van der Waals surface area (Å²) in [6.45, 7) is 7.46. The Morgan fingerprint density at radius 1 is 1.45 bits per heavy atom. The molecule has 1 aliphatic carbocycles. The van der Waals surface area contributed by atoms with Crippen LogP contribution in [0, 0.1) is 23.2 Å². The average molecular weight is 273 g/mol. The second-order valence-electron chi connectivity index (χ2n) is 6.42. The fourth-order valence-electron chi connectivity index (χ4n) is 4.13. The van der Waals surface area contributed by atoms with Gasteiger partial charge in [-0.1, -0.05) is 31.6 Å². The van der Waals surface area contributed by atoms with Gasteiger partial charge in [0.05, 0.1) is 19.3 Å². The molecule has 3 rings (SSSR count). The Bertz CT molecular complexity index is 513. The van der Waals surface area contributed by atoms with Crippen molar-refractivity contribution in [3.05, 3.63) is 41.7 Å². The molecule has 1 N–H and O–H groups in total. The standard InChI is InChI=1S/C17H23NO2/c1-11-7-12(2)17(9-19)10-20-16(15(11)13(17)3)14-5-4-6-18-8-14/h4-8,12-13,15-16,19H,9-10H2,1-3H3/t12-,13+,15+,16+,17+/m0/s1. The van der Waals surface area contributed by atoms with Crippen LogP contribution in [0.4, 0.5) is 0 Å². The van der Waals surface area contributed by atoms with E-state index in [1.807, 2.05) is 12.3 Å². The molecule has 2 heterocycles. The second-order valence-corrected chi connectivity index (χ2v) is 6.42. The third-order valence-corrected chi connectivity index (χ3v) is 5.56. The number of fused-ring (bicyclic) bond motifs is 2. The van der Waals surface area contributed by atoms with Crippen LogP contribution in [0.3, 0.4) is 0 Å². The van der Waals surface area contributed by atoms with Crippen LogP contribution < -0.4 is 0 Å². The Balaban J connectivity index is 2.02. The summed E-state index contributed by atoms with van der Waals surface area (Å²) in [5.41, 5.74) is 2.38. The van der Waals surface area contributed by atoms with E-state index in [0.717, 1.165) is 5.56 Å². The minimum Gasteiger partial charge on any atom is -0.396 e. The fourth-order valence-corrected chi connectivity index (χ4v) is 4.13. The number of aromatic nitrogens is 1. The normalized spacial score (nSPS) is 40.3. The summed E-state index contributed by atoms with van der Waals surface area (Å²) in [6.07, 6.45) is 6.07. The van der Waals surface area contributed by atoms with Gasteiger partial charge < -0.3 is 9.84 Å². The van der Waals surface area contributed by atoms with E-state index in [4.69, 9.17) is 4.74 Å². The molecular formula is C17H23NO2. The molecule has 0 saturated carbocycles. The highest BCUT2D eigenvalue weighted by Gasteiger charge is 2.53. The first-order valence-corrected chi connectivity index (χ1v) is 7.41. The number of ether oxygens (including phenoxy) is 1. The van der Waals surface area contributed by atoms with Crippen LogP contribution in [-0.2, 0) is 4.74 Å². The highest BCUT2D eigenvalue weighted by molar-refractivity contribution is 5.26. The van der Waals surface area contributed by atoms with Gasteiger partial charge in [-0.2, -0.15) is 0 Å². The number of pyridine rings is 1. The summed E-state index contributed by atoms with van der Waals surface area (Å²) in [5, 5.41) is 9.96. The largest absolute Gasteiger partial charge is 0.396 e. The van der Waals surface area contributed by atoms with E-state index in [0.29, 0.717) is 24.4 Å². The zero-order valence-electron chi connectivity index (χ0n) is 12.4. The molecule has 1 aromatic rings. The molecule has 1 aromatic heterocycles. The van der Waals surface area contributed by atoms with Gasteiger partial charge >= 0.3 is 0 Å². The zero-order valence-corrected chi connectivity index (χ0v) is 12.4. The SMILES string of the molecule is CC1=C[C@H](C)[C@@]2(CO)CO[C@H](c3cccnc3)[C@H]1[C@H]2C. The maximum atomic E-state index is 9.96. The molecule has 3 heteroatoms. The van der Waals surface area contributed by atoms with Crippen LogP contribution in [0.2, 0.25) is 0 Å². The van der Waals surface area contributed by atoms with Crippen molar-refractivity contribution in [2.24, 2.45) is 23.2 Å². The quantitative estimate of drug-likeness (QED) is 0.842. The smallest absolute Gasteiger partial charge is 0.0907 e. The van der Waals surface area contributed by atoms with Gasteiger partial charge in [0.2, 0.25) is 0 Å². The Kier molecular flexibility index (Phi) is 3.43. The van der Waals surface area contributed by atoms with E-state index >= 15 is 0 Å². The third-order valence-electron chi connectivity index (χ3n) is 5.56. The van der Waals surface area contributed by atoms with E-state index in [1.165, 1.54) is 5.57 Å². The van der Waals surface area contributed by atoms with E-state index in [9.17, 15) is 5.11 Å². The van der Waals surface area contributed by atoms with Crippen LogP contribution in [-0.4, -0.2) is 23.3 Å². The van der Waals surface area contributed by atoms with Crippen LogP contribution >= 0.6 is 0 Å². The van der Waals surface area contributed by atoms with Gasteiger partial charge in [0.15, 0.2) is 0 Å². The zero-order chi connectivity index (χ0) is 14.3. The Hall–Kier alpha value is -1.19. The maximum Gasteiger partial charge on any atom is 0.0907 e. The topological polar surface area (TPSA) is 42.4 Å². The van der Waals surface area contributed by atoms with Crippen molar-refractivity contribution in [2.75, 3.05) is 13.2 Å². The van der Waals surface area contributed by atoms with E-state index in [2.05, 4.69) is 37.9 Å². The molecule has 0 unspecified atom stereocenters. The molecule has 20 heavy (non-hydrogen) atoms. The van der Waals surface area contributed by atoms with Gasteiger partial charge in [0.25, 0.3) is 0 Å². The predicted octanol–water partition coefficient (Wildman–Crippen LogP) is 2.98. The molecule has 1 aliphatic heterocycles. The maximum absolute atomic E-state index is 9.96. The second kappa shape index (κ2) is 4.97. The number of nitrogens with zero attached hydrogens (tertiary/aromatic N) is 1. The molecule has 0 spiro atoms. The minimum absolute atomic E-state index is 0.0575. The van der Waals surface area contributed by atoms with Crippen molar-refractivity contribution in [1.29, 1.82) is 0 Å². The molecule has 0 aromatic carbocycles. The summed E-state index contributed by atoms with van der Waals surface area (Å²) >= 11 is 0. The lowest BCUT2D eigenvalue weighted by atomic mass is 9.56. The molecular weight excluding hydrogens is 250 g/mol. The van der Waals surface area contributed by atoms with Gasteiger partial charge in [0, 0.05) is 23.7 Å². The first-order valence-electron chi connectivity index (χ1n) is 7.41. The third kappa shape index (κ3) is 1.84. The van der Waals surface area contributed by atoms with Gasteiger partial charge in [-0.3, -0.25) is 4.98 Å². The summed E-state index contributed by atoms with van der Waals surface area (Å²) in [6, 6.07) is 4.05. The van der Waals surface area contributed by atoms with Crippen LogP contribution in [0.1, 0.15) is 32.4 Å². The predicted molar refractivity (Wildman–Crippen MR) is 78.0 cm³/mol. The Morgan fingerprint density at radius 3 is 2.90 bits per heavy atom. The van der Waals surface area contributed by atoms with E-state index in [1.54, 1.807) is 6.20 Å². The highest BCUT2D eigenvalue weighted by atomic mass is 16.5. The minimum atomic E-state index is -0.136. The number of rotatable bonds is 2. The molecule has 3 nitrogen and oxygen atoms in total. The highest BCUT2D eigenvalue weighted by Crippen LogP contribution is 2.55. The first-order chi connectivity index (χ1) is 9.60. The Morgan fingerprint density at radius 2 is 2.25 bits per heavy atom. The van der Waals surface area contributed by atoms with Gasteiger partial charge in [-0.25, -0.2) is 0 Å². The number of hydrogen-bond donors (Lipinski definition) is 1. The number of aliphatic hydroxyl groups excluding tert-OH is 1. The Labute approximate surface area is 120 Å². The lowest BCUT2D eigenvalue weighted by molar-refractivity contribution is -0.165. The molecule has 108 valence electrons. The van der Waals surface area contributed by atoms with Gasteiger partial charge in [-0.15, -0.1) is 0 Å². The van der Waals surface area contributed by atoms with Crippen molar-refractivity contribution in [3.8, 4) is 0 Å². The molecule has 2 aliphatic rings. The van der Waals surface area contributed by atoms with E-state index in [-0.39, 0.29) is 18.1 Å². The molecule has 1 fully saturated rings. The summed E-state index contributed by atoms with van der Waals surface area (Å²) in [7, 11) is 0.